The van der Waals surface area contributed by atoms with E-state index in [1.165, 1.54) is 140 Å². The van der Waals surface area contributed by atoms with Crippen molar-refractivity contribution in [3.63, 3.8) is 0 Å². The SMILES string of the molecule is CCCCCCCC[N+](CCCCC)(CCCCC)CCCOC(=O)CCCCOCCCCCCCCCC[Si](OCC)(OCC)OCC. The molecular weight excluding hydrogens is 643 g/mol. The molecule has 0 rings (SSSR count). The van der Waals surface area contributed by atoms with E-state index in [0.717, 1.165) is 57.9 Å². The molecule has 0 spiro atoms. The van der Waals surface area contributed by atoms with Gasteiger partial charge in [0.25, 0.3) is 0 Å². The lowest BCUT2D eigenvalue weighted by Crippen LogP contribution is -2.51. The number of carbonyl (C=O) groups is 1. The van der Waals surface area contributed by atoms with Crippen molar-refractivity contribution in [2.24, 2.45) is 0 Å². The average molecular weight is 731 g/mol. The molecule has 7 nitrogen and oxygen atoms in total. The van der Waals surface area contributed by atoms with Gasteiger partial charge in [-0.15, -0.1) is 0 Å². The van der Waals surface area contributed by atoms with Crippen LogP contribution in [-0.4, -0.2) is 85.1 Å². The Morgan fingerprint density at radius 2 is 0.840 bits per heavy atom. The number of carbonyl (C=O) groups excluding carboxylic acids is 1. The first-order chi connectivity index (χ1) is 24.5. The summed E-state index contributed by atoms with van der Waals surface area (Å²) < 4.78 is 30.7. The fourth-order valence-electron chi connectivity index (χ4n) is 7.13. The van der Waals surface area contributed by atoms with Gasteiger partial charge in [-0.2, -0.15) is 0 Å². The molecule has 0 aromatic carbocycles. The third-order valence-electron chi connectivity index (χ3n) is 10.0. The van der Waals surface area contributed by atoms with Gasteiger partial charge in [0.2, 0.25) is 0 Å². The van der Waals surface area contributed by atoms with Crippen molar-refractivity contribution < 1.29 is 32.0 Å². The van der Waals surface area contributed by atoms with E-state index in [-0.39, 0.29) is 5.97 Å². The van der Waals surface area contributed by atoms with E-state index in [9.17, 15) is 4.79 Å². The van der Waals surface area contributed by atoms with Crippen LogP contribution in [0.25, 0.3) is 0 Å². The molecule has 0 heterocycles. The molecule has 0 aliphatic heterocycles. The summed E-state index contributed by atoms with van der Waals surface area (Å²) in [7, 11) is -2.47. The average Bonchev–Trinajstić information content (AvgIpc) is 3.10. The molecule has 0 unspecified atom stereocenters. The maximum atomic E-state index is 12.4. The van der Waals surface area contributed by atoms with Gasteiger partial charge in [-0.1, -0.05) is 97.8 Å². The van der Waals surface area contributed by atoms with Crippen LogP contribution in [0.3, 0.4) is 0 Å². The highest BCUT2D eigenvalue weighted by Crippen LogP contribution is 2.21. The molecule has 0 saturated heterocycles. The van der Waals surface area contributed by atoms with Crippen LogP contribution in [0.5, 0.6) is 0 Å². The molecule has 0 bridgehead atoms. The van der Waals surface area contributed by atoms with Crippen molar-refractivity contribution in [2.75, 3.05) is 65.8 Å². The van der Waals surface area contributed by atoms with Crippen LogP contribution in [0.1, 0.15) is 196 Å². The van der Waals surface area contributed by atoms with E-state index < -0.39 is 8.80 Å². The van der Waals surface area contributed by atoms with Crippen LogP contribution < -0.4 is 0 Å². The third-order valence-corrected chi connectivity index (χ3v) is 13.2. The molecule has 0 aromatic rings. The first-order valence-electron chi connectivity index (χ1n) is 22.0. The summed E-state index contributed by atoms with van der Waals surface area (Å²) in [4.78, 5) is 12.4. The van der Waals surface area contributed by atoms with E-state index in [2.05, 4.69) is 20.8 Å². The molecule has 50 heavy (non-hydrogen) atoms. The predicted molar refractivity (Wildman–Crippen MR) is 215 cm³/mol. The van der Waals surface area contributed by atoms with Gasteiger partial charge in [-0.05, 0) is 85.0 Å². The van der Waals surface area contributed by atoms with Gasteiger partial charge in [0.1, 0.15) is 0 Å². The van der Waals surface area contributed by atoms with Crippen LogP contribution in [0.4, 0.5) is 0 Å². The largest absolute Gasteiger partial charge is 0.500 e. The van der Waals surface area contributed by atoms with E-state index in [1.54, 1.807) is 0 Å². The molecule has 0 saturated carbocycles. The Labute approximate surface area is 313 Å². The summed E-state index contributed by atoms with van der Waals surface area (Å²) in [5, 5.41) is 0. The first-order valence-corrected chi connectivity index (χ1v) is 23.9. The zero-order chi connectivity index (χ0) is 36.9. The highest BCUT2D eigenvalue weighted by molar-refractivity contribution is 6.60. The smallest absolute Gasteiger partial charge is 0.465 e. The van der Waals surface area contributed by atoms with Gasteiger partial charge in [0.15, 0.2) is 0 Å². The molecule has 0 aliphatic carbocycles. The molecule has 300 valence electrons. The van der Waals surface area contributed by atoms with Crippen molar-refractivity contribution in [1.29, 1.82) is 0 Å². The lowest BCUT2D eigenvalue weighted by atomic mass is 10.1. The molecule has 8 heteroatoms. The van der Waals surface area contributed by atoms with E-state index in [0.29, 0.717) is 32.8 Å². The lowest BCUT2D eigenvalue weighted by Gasteiger charge is -2.39. The van der Waals surface area contributed by atoms with Gasteiger partial charge in [0, 0.05) is 51.9 Å². The Morgan fingerprint density at radius 3 is 1.36 bits per heavy atom. The van der Waals surface area contributed by atoms with E-state index in [4.69, 9.17) is 22.8 Å². The number of hydrogen-bond donors (Lipinski definition) is 0. The molecule has 0 atom stereocenters. The zero-order valence-electron chi connectivity index (χ0n) is 34.6. The lowest BCUT2D eigenvalue weighted by molar-refractivity contribution is -0.929. The topological polar surface area (TPSA) is 63.2 Å². The van der Waals surface area contributed by atoms with Crippen LogP contribution in [0, 0.1) is 0 Å². The Morgan fingerprint density at radius 1 is 0.440 bits per heavy atom. The molecule has 0 aliphatic rings. The van der Waals surface area contributed by atoms with Gasteiger partial charge >= 0.3 is 14.8 Å². The molecule has 0 N–H and O–H groups in total. The van der Waals surface area contributed by atoms with Gasteiger partial charge < -0.3 is 27.2 Å². The van der Waals surface area contributed by atoms with Crippen molar-refractivity contribution in [1.82, 2.24) is 0 Å². The maximum Gasteiger partial charge on any atom is 0.500 e. The second-order valence-electron chi connectivity index (χ2n) is 14.6. The fourth-order valence-corrected chi connectivity index (χ4v) is 9.82. The first kappa shape index (κ1) is 49.5. The van der Waals surface area contributed by atoms with Crippen LogP contribution in [0.15, 0.2) is 0 Å². The Balaban J connectivity index is 4.04. The molecule has 0 fully saturated rings. The number of unbranched alkanes of at least 4 members (excludes halogenated alkanes) is 17. The van der Waals surface area contributed by atoms with Crippen molar-refractivity contribution in [3.8, 4) is 0 Å². The fraction of sp³-hybridized carbons (Fsp3) is 0.976. The summed E-state index contributed by atoms with van der Waals surface area (Å²) >= 11 is 0. The summed E-state index contributed by atoms with van der Waals surface area (Å²) in [6.45, 7) is 22.1. The van der Waals surface area contributed by atoms with Crippen molar-refractivity contribution in [3.05, 3.63) is 0 Å². The summed E-state index contributed by atoms with van der Waals surface area (Å²) in [5.74, 6) is -0.0322. The van der Waals surface area contributed by atoms with Crippen LogP contribution in [0.2, 0.25) is 6.04 Å². The highest BCUT2D eigenvalue weighted by Gasteiger charge is 2.39. The van der Waals surface area contributed by atoms with Crippen LogP contribution >= 0.6 is 0 Å². The minimum atomic E-state index is -2.47. The minimum absolute atomic E-state index is 0.0322. The molecular formula is C42H88NO6Si+. The number of hydrogen-bond acceptors (Lipinski definition) is 6. The number of ether oxygens (including phenoxy) is 2. The Kier molecular flexibility index (Phi) is 36.5. The zero-order valence-corrected chi connectivity index (χ0v) is 35.6. The van der Waals surface area contributed by atoms with E-state index in [1.807, 2.05) is 20.8 Å². The van der Waals surface area contributed by atoms with Gasteiger partial charge in [0.05, 0.1) is 32.8 Å². The van der Waals surface area contributed by atoms with E-state index >= 15 is 0 Å². The number of esters is 1. The third kappa shape index (κ3) is 29.0. The second kappa shape index (κ2) is 36.8. The molecule has 0 amide bonds. The summed E-state index contributed by atoms with van der Waals surface area (Å²) in [6.07, 6.45) is 29.1. The minimum Gasteiger partial charge on any atom is -0.465 e. The summed E-state index contributed by atoms with van der Waals surface area (Å²) in [5.41, 5.74) is 0. The predicted octanol–water partition coefficient (Wildman–Crippen LogP) is 11.8. The van der Waals surface area contributed by atoms with Crippen molar-refractivity contribution >= 4 is 14.8 Å². The number of rotatable bonds is 41. The normalized spacial score (nSPS) is 12.2. The highest BCUT2D eigenvalue weighted by atomic mass is 28.4. The van der Waals surface area contributed by atoms with Crippen molar-refractivity contribution in [2.45, 2.75) is 202 Å². The van der Waals surface area contributed by atoms with Crippen LogP contribution in [-0.2, 0) is 27.5 Å². The molecule has 0 aromatic heterocycles. The summed E-state index contributed by atoms with van der Waals surface area (Å²) in [6, 6.07) is 0.930. The second-order valence-corrected chi connectivity index (χ2v) is 17.4. The standard InChI is InChI=1S/C42H88NO6Si/c1-7-13-16-17-22-28-36-43(34-26-14-8-2,35-27-15-9-3)37-32-40-46-42(44)33-25-30-39-45-38-29-23-20-18-19-21-24-31-41-50(47-10-4,48-11-5)49-12-6/h7-41H2,1-6H3/q+1. The quantitative estimate of drug-likeness (QED) is 0.0270. The monoisotopic (exact) mass is 731 g/mol. The van der Waals surface area contributed by atoms with Gasteiger partial charge in [-0.25, -0.2) is 0 Å². The number of quaternary nitrogens is 1. The number of nitrogens with zero attached hydrogens (tertiary/aromatic N) is 1. The van der Waals surface area contributed by atoms with Gasteiger partial charge in [-0.3, -0.25) is 4.79 Å². The Hall–Kier alpha value is -0.513. The maximum absolute atomic E-state index is 12.4. The molecule has 0 radical (unpaired) electrons. The Bertz CT molecular complexity index is 685.